The third-order valence-electron chi connectivity index (χ3n) is 10.7. The van der Waals surface area contributed by atoms with E-state index < -0.39 is 29.0 Å². The maximum absolute atomic E-state index is 14.5. The Morgan fingerprint density at radius 3 is 2.20 bits per heavy atom. The molecule has 0 N–H and O–H groups in total. The maximum atomic E-state index is 14.5. The molecule has 3 fully saturated rings. The third-order valence-corrected chi connectivity index (χ3v) is 10.7. The van der Waals surface area contributed by atoms with Crippen molar-refractivity contribution >= 4 is 17.7 Å². The highest BCUT2D eigenvalue weighted by molar-refractivity contribution is 5.94. The molecule has 5 aliphatic carbocycles. The van der Waals surface area contributed by atoms with Crippen LogP contribution in [0.5, 0.6) is 0 Å². The Bertz CT molecular complexity index is 1010. The van der Waals surface area contributed by atoms with Gasteiger partial charge in [0.25, 0.3) is 0 Å². The van der Waals surface area contributed by atoms with Crippen LogP contribution in [0, 0.1) is 45.8 Å². The summed E-state index contributed by atoms with van der Waals surface area (Å²) in [7, 11) is 0. The molecule has 8 atom stereocenters. The van der Waals surface area contributed by atoms with Crippen molar-refractivity contribution < 1.29 is 23.9 Å². The minimum Gasteiger partial charge on any atom is -0.458 e. The quantitative estimate of drug-likeness (QED) is 0.374. The SMILES string of the molecule is CC(=O)O[C@@H]1C(C)=C[C@@H]2C(=O)[C@]3(C=C(C)[C@H](OC(=O)C4(C)CCCCC4)[C@@H]13)[C@H](C)C[C@@H]1C2C1(C)C. The predicted octanol–water partition coefficient (Wildman–Crippen LogP) is 5.82. The maximum Gasteiger partial charge on any atom is 0.312 e. The van der Waals surface area contributed by atoms with Crippen LogP contribution in [0.4, 0.5) is 0 Å². The summed E-state index contributed by atoms with van der Waals surface area (Å²) in [6.45, 7) is 14.1. The van der Waals surface area contributed by atoms with Crippen LogP contribution in [-0.2, 0) is 23.9 Å². The largest absolute Gasteiger partial charge is 0.458 e. The molecule has 2 bridgehead atoms. The van der Waals surface area contributed by atoms with E-state index in [0.717, 1.165) is 49.7 Å². The monoisotopic (exact) mass is 482 g/mol. The summed E-state index contributed by atoms with van der Waals surface area (Å²) >= 11 is 0. The van der Waals surface area contributed by atoms with Gasteiger partial charge in [0.15, 0.2) is 5.78 Å². The predicted molar refractivity (Wildman–Crippen MR) is 133 cm³/mol. The van der Waals surface area contributed by atoms with Crippen LogP contribution in [0.15, 0.2) is 23.3 Å². The Labute approximate surface area is 210 Å². The fourth-order valence-corrected chi connectivity index (χ4v) is 8.57. The van der Waals surface area contributed by atoms with E-state index in [1.165, 1.54) is 6.92 Å². The molecule has 5 heteroatoms. The molecule has 0 saturated heterocycles. The zero-order valence-electron chi connectivity index (χ0n) is 22.5. The topological polar surface area (TPSA) is 69.7 Å². The lowest BCUT2D eigenvalue weighted by Crippen LogP contribution is -2.51. The van der Waals surface area contributed by atoms with E-state index in [9.17, 15) is 14.4 Å². The summed E-state index contributed by atoms with van der Waals surface area (Å²) in [5, 5.41) is 0. The van der Waals surface area contributed by atoms with E-state index in [0.29, 0.717) is 11.8 Å². The molecule has 5 nitrogen and oxygen atoms in total. The van der Waals surface area contributed by atoms with Gasteiger partial charge in [-0.05, 0) is 74.3 Å². The molecule has 1 unspecified atom stereocenters. The van der Waals surface area contributed by atoms with Gasteiger partial charge in [0.05, 0.1) is 16.7 Å². The second-order valence-electron chi connectivity index (χ2n) is 13.2. The number of hydrogen-bond acceptors (Lipinski definition) is 5. The zero-order chi connectivity index (χ0) is 25.5. The molecule has 0 aliphatic heterocycles. The van der Waals surface area contributed by atoms with Gasteiger partial charge >= 0.3 is 11.9 Å². The lowest BCUT2D eigenvalue weighted by Gasteiger charge is -2.43. The van der Waals surface area contributed by atoms with Gasteiger partial charge in [-0.1, -0.05) is 52.2 Å². The summed E-state index contributed by atoms with van der Waals surface area (Å²) in [5.41, 5.74) is 0.666. The van der Waals surface area contributed by atoms with Crippen LogP contribution in [0.3, 0.4) is 0 Å². The van der Waals surface area contributed by atoms with Crippen LogP contribution in [0.25, 0.3) is 0 Å². The van der Waals surface area contributed by atoms with Crippen LogP contribution in [0.2, 0.25) is 0 Å². The van der Waals surface area contributed by atoms with Crippen LogP contribution in [-0.4, -0.2) is 29.9 Å². The molecule has 5 aliphatic rings. The van der Waals surface area contributed by atoms with Crippen molar-refractivity contribution in [3.05, 3.63) is 23.3 Å². The summed E-state index contributed by atoms with van der Waals surface area (Å²) in [6.07, 6.45) is 8.88. The highest BCUT2D eigenvalue weighted by Crippen LogP contribution is 2.71. The number of carbonyl (C=O) groups excluding carboxylic acids is 3. The second kappa shape index (κ2) is 8.05. The first kappa shape index (κ1) is 24.8. The van der Waals surface area contributed by atoms with E-state index in [4.69, 9.17) is 9.47 Å². The number of Topliss-reactive ketones (excluding diaryl/α,β-unsaturated/α-hetero) is 1. The van der Waals surface area contributed by atoms with E-state index in [2.05, 4.69) is 32.9 Å². The second-order valence-corrected chi connectivity index (χ2v) is 13.2. The number of carbonyl (C=O) groups is 3. The number of ether oxygens (including phenoxy) is 2. The van der Waals surface area contributed by atoms with E-state index in [1.807, 2.05) is 20.8 Å². The van der Waals surface area contributed by atoms with Crippen molar-refractivity contribution in [3.8, 4) is 0 Å². The van der Waals surface area contributed by atoms with Gasteiger partial charge in [-0.15, -0.1) is 0 Å². The molecule has 35 heavy (non-hydrogen) atoms. The molecule has 5 rings (SSSR count). The fraction of sp³-hybridized carbons (Fsp3) is 0.767. The Balaban J connectivity index is 1.59. The lowest BCUT2D eigenvalue weighted by molar-refractivity contribution is -0.172. The van der Waals surface area contributed by atoms with Gasteiger partial charge in [-0.25, -0.2) is 0 Å². The number of esters is 2. The van der Waals surface area contributed by atoms with Gasteiger partial charge in [0, 0.05) is 12.8 Å². The molecule has 192 valence electrons. The van der Waals surface area contributed by atoms with Crippen molar-refractivity contribution in [2.75, 3.05) is 0 Å². The van der Waals surface area contributed by atoms with Gasteiger partial charge in [-0.3, -0.25) is 14.4 Å². The molecule has 0 radical (unpaired) electrons. The standard InChI is InChI=1S/C30H42O5/c1-16-13-20-22-21(28(22,5)6)14-18(3)30(26(20)32)15-17(2)25(23(30)24(16)34-19(4)31)35-27(33)29(7)11-9-8-10-12-29/h13,15,18,20-25H,8-12,14H2,1-7H3/t18-,20+,21-,22?,23-,24-,25+,30-/m1/s1. The molecule has 3 saturated carbocycles. The first-order chi connectivity index (χ1) is 16.3. The Morgan fingerprint density at radius 2 is 1.57 bits per heavy atom. The summed E-state index contributed by atoms with van der Waals surface area (Å²) in [6, 6.07) is 0. The number of hydrogen-bond donors (Lipinski definition) is 0. The van der Waals surface area contributed by atoms with E-state index >= 15 is 0 Å². The molecule has 0 amide bonds. The summed E-state index contributed by atoms with van der Waals surface area (Å²) in [5.74, 6) is -0.0645. The van der Waals surface area contributed by atoms with Gasteiger partial charge in [0.1, 0.15) is 12.2 Å². The van der Waals surface area contributed by atoms with Crippen LogP contribution in [0.1, 0.15) is 87.0 Å². The molecule has 0 aromatic carbocycles. The first-order valence-corrected chi connectivity index (χ1v) is 13.6. The lowest BCUT2D eigenvalue weighted by atomic mass is 9.61. The average Bonchev–Trinajstić information content (AvgIpc) is 3.23. The average molecular weight is 483 g/mol. The fourth-order valence-electron chi connectivity index (χ4n) is 8.57. The van der Waals surface area contributed by atoms with Crippen molar-refractivity contribution in [3.63, 3.8) is 0 Å². The Hall–Kier alpha value is -1.91. The molecule has 0 heterocycles. The zero-order valence-corrected chi connectivity index (χ0v) is 22.5. The summed E-state index contributed by atoms with van der Waals surface area (Å²) in [4.78, 5) is 40.4. The molecule has 0 aromatic rings. The minimum absolute atomic E-state index is 0.0700. The molecule has 0 aromatic heterocycles. The van der Waals surface area contributed by atoms with E-state index in [1.54, 1.807) is 0 Å². The normalized spacial score (nSPS) is 42.9. The Kier molecular flexibility index (Phi) is 5.69. The summed E-state index contributed by atoms with van der Waals surface area (Å²) < 4.78 is 12.4. The Morgan fingerprint density at radius 1 is 0.943 bits per heavy atom. The van der Waals surface area contributed by atoms with Crippen molar-refractivity contribution in [1.29, 1.82) is 0 Å². The highest BCUT2D eigenvalue weighted by Gasteiger charge is 2.71. The van der Waals surface area contributed by atoms with Crippen molar-refractivity contribution in [2.24, 2.45) is 45.8 Å². The van der Waals surface area contributed by atoms with Gasteiger partial charge < -0.3 is 9.47 Å². The number of allylic oxidation sites excluding steroid dienone is 2. The smallest absolute Gasteiger partial charge is 0.312 e. The van der Waals surface area contributed by atoms with Crippen molar-refractivity contribution in [2.45, 2.75) is 99.2 Å². The molecular formula is C30H42O5. The van der Waals surface area contributed by atoms with Crippen LogP contribution >= 0.6 is 0 Å². The molecular weight excluding hydrogens is 440 g/mol. The third kappa shape index (κ3) is 3.50. The number of rotatable bonds is 3. The number of ketones is 1. The van der Waals surface area contributed by atoms with Gasteiger partial charge in [0.2, 0.25) is 0 Å². The van der Waals surface area contributed by atoms with Gasteiger partial charge in [-0.2, -0.15) is 0 Å². The first-order valence-electron chi connectivity index (χ1n) is 13.6. The highest BCUT2D eigenvalue weighted by atomic mass is 16.6. The number of fused-ring (bicyclic) bond motifs is 3. The van der Waals surface area contributed by atoms with E-state index in [-0.39, 0.29) is 35.0 Å². The minimum atomic E-state index is -0.801. The van der Waals surface area contributed by atoms with Crippen molar-refractivity contribution in [1.82, 2.24) is 0 Å². The van der Waals surface area contributed by atoms with Crippen LogP contribution < -0.4 is 0 Å². The molecule has 1 spiro atoms.